The predicted octanol–water partition coefficient (Wildman–Crippen LogP) is 4.35. The molecule has 1 fully saturated rings. The molecule has 0 unspecified atom stereocenters. The molecule has 0 saturated carbocycles. The van der Waals surface area contributed by atoms with E-state index >= 15 is 0 Å². The first kappa shape index (κ1) is 13.1. The Balaban J connectivity index is 1.91. The van der Waals surface area contributed by atoms with E-state index in [0.29, 0.717) is 0 Å². The maximum absolute atomic E-state index is 4.96. The van der Waals surface area contributed by atoms with E-state index in [4.69, 9.17) is 4.98 Å². The first-order valence-electron chi connectivity index (χ1n) is 8.48. The lowest BCUT2D eigenvalue weighted by Crippen LogP contribution is -2.35. The summed E-state index contributed by atoms with van der Waals surface area (Å²) in [6.45, 7) is 4.81. The van der Waals surface area contributed by atoms with Gasteiger partial charge < -0.3 is 4.90 Å². The van der Waals surface area contributed by atoms with Gasteiger partial charge in [0.1, 0.15) is 0 Å². The minimum atomic E-state index is 0.810. The van der Waals surface area contributed by atoms with Gasteiger partial charge in [0.05, 0.1) is 11.2 Å². The SMILES string of the molecule is C[C@H]1CCCN(c2c3c(nc4ccccc24)CCCC3)C1. The zero-order valence-electron chi connectivity index (χ0n) is 12.9. The fourth-order valence-corrected chi connectivity index (χ4v) is 4.10. The molecular formula is C19H24N2. The van der Waals surface area contributed by atoms with Crippen LogP contribution in [0.1, 0.15) is 43.9 Å². The number of para-hydroxylation sites is 1. The Morgan fingerprint density at radius 3 is 2.86 bits per heavy atom. The molecule has 0 N–H and O–H groups in total. The van der Waals surface area contributed by atoms with Crippen molar-refractivity contribution in [2.75, 3.05) is 18.0 Å². The van der Waals surface area contributed by atoms with Crippen molar-refractivity contribution in [2.24, 2.45) is 5.92 Å². The van der Waals surface area contributed by atoms with Gasteiger partial charge in [-0.05, 0) is 56.1 Å². The number of hydrogen-bond acceptors (Lipinski definition) is 2. The molecule has 0 bridgehead atoms. The van der Waals surface area contributed by atoms with Crippen LogP contribution in [0.25, 0.3) is 10.9 Å². The largest absolute Gasteiger partial charge is 0.370 e. The van der Waals surface area contributed by atoms with Crippen LogP contribution in [0.3, 0.4) is 0 Å². The van der Waals surface area contributed by atoms with E-state index in [2.05, 4.69) is 36.1 Å². The molecule has 2 aromatic rings. The monoisotopic (exact) mass is 280 g/mol. The van der Waals surface area contributed by atoms with E-state index < -0.39 is 0 Å². The molecule has 2 heterocycles. The highest BCUT2D eigenvalue weighted by Gasteiger charge is 2.24. The van der Waals surface area contributed by atoms with E-state index in [0.717, 1.165) is 12.3 Å². The first-order valence-corrected chi connectivity index (χ1v) is 8.48. The van der Waals surface area contributed by atoms with Crippen molar-refractivity contribution in [3.8, 4) is 0 Å². The minimum absolute atomic E-state index is 0.810. The molecule has 1 aliphatic heterocycles. The van der Waals surface area contributed by atoms with Crippen LogP contribution >= 0.6 is 0 Å². The number of fused-ring (bicyclic) bond motifs is 2. The predicted molar refractivity (Wildman–Crippen MR) is 89.0 cm³/mol. The Morgan fingerprint density at radius 2 is 1.95 bits per heavy atom. The minimum Gasteiger partial charge on any atom is -0.370 e. The Labute approximate surface area is 127 Å². The van der Waals surface area contributed by atoms with Crippen LogP contribution < -0.4 is 4.90 Å². The van der Waals surface area contributed by atoms with Crippen molar-refractivity contribution >= 4 is 16.6 Å². The van der Waals surface area contributed by atoms with Crippen LogP contribution in [0, 0.1) is 5.92 Å². The number of aromatic nitrogens is 1. The molecule has 110 valence electrons. The Morgan fingerprint density at radius 1 is 1.10 bits per heavy atom. The van der Waals surface area contributed by atoms with Crippen LogP contribution in [-0.2, 0) is 12.8 Å². The van der Waals surface area contributed by atoms with Crippen molar-refractivity contribution in [3.63, 3.8) is 0 Å². The van der Waals surface area contributed by atoms with Crippen LogP contribution in [0.15, 0.2) is 24.3 Å². The Hall–Kier alpha value is -1.57. The summed E-state index contributed by atoms with van der Waals surface area (Å²) in [5.74, 6) is 0.810. The second-order valence-electron chi connectivity index (χ2n) is 6.80. The molecule has 4 rings (SSSR count). The zero-order valence-corrected chi connectivity index (χ0v) is 12.9. The summed E-state index contributed by atoms with van der Waals surface area (Å²) in [7, 11) is 0. The quantitative estimate of drug-likeness (QED) is 0.772. The standard InChI is InChI=1S/C19H24N2/c1-14-7-6-12-21(13-14)19-15-8-2-4-10-17(15)20-18-11-5-3-9-16(18)19/h2,4,8,10,14H,3,5-7,9,11-13H2,1H3/t14-/m0/s1. The topological polar surface area (TPSA) is 16.1 Å². The third-order valence-corrected chi connectivity index (χ3v) is 5.11. The molecule has 1 saturated heterocycles. The summed E-state index contributed by atoms with van der Waals surface area (Å²) in [6.07, 6.45) is 7.70. The van der Waals surface area contributed by atoms with Gasteiger partial charge in [0.15, 0.2) is 0 Å². The molecule has 21 heavy (non-hydrogen) atoms. The molecule has 1 aromatic heterocycles. The van der Waals surface area contributed by atoms with E-state index in [1.54, 1.807) is 5.56 Å². The fourth-order valence-electron chi connectivity index (χ4n) is 4.10. The summed E-state index contributed by atoms with van der Waals surface area (Å²) in [6, 6.07) is 8.73. The van der Waals surface area contributed by atoms with Gasteiger partial charge in [-0.3, -0.25) is 4.98 Å². The molecule has 2 heteroatoms. The maximum Gasteiger partial charge on any atom is 0.0726 e. The lowest BCUT2D eigenvalue weighted by molar-refractivity contribution is 0.446. The molecule has 1 aliphatic carbocycles. The molecule has 2 nitrogen and oxygen atoms in total. The Bertz CT molecular complexity index is 662. The van der Waals surface area contributed by atoms with Gasteiger partial charge in [-0.15, -0.1) is 0 Å². The average molecular weight is 280 g/mol. The van der Waals surface area contributed by atoms with E-state index in [1.165, 1.54) is 67.5 Å². The fraction of sp³-hybridized carbons (Fsp3) is 0.526. The van der Waals surface area contributed by atoms with Crippen LogP contribution in [-0.4, -0.2) is 18.1 Å². The lowest BCUT2D eigenvalue weighted by Gasteiger charge is -2.36. The maximum atomic E-state index is 4.96. The van der Waals surface area contributed by atoms with Gasteiger partial charge in [-0.25, -0.2) is 0 Å². The van der Waals surface area contributed by atoms with Gasteiger partial charge in [-0.2, -0.15) is 0 Å². The first-order chi connectivity index (χ1) is 10.3. The second-order valence-corrected chi connectivity index (χ2v) is 6.80. The van der Waals surface area contributed by atoms with Crippen molar-refractivity contribution in [1.82, 2.24) is 4.98 Å². The number of rotatable bonds is 1. The highest BCUT2D eigenvalue weighted by atomic mass is 15.1. The summed E-state index contributed by atoms with van der Waals surface area (Å²) >= 11 is 0. The lowest BCUT2D eigenvalue weighted by atomic mass is 9.90. The number of hydrogen-bond donors (Lipinski definition) is 0. The average Bonchev–Trinajstić information content (AvgIpc) is 2.52. The number of nitrogens with zero attached hydrogens (tertiary/aromatic N) is 2. The molecule has 0 spiro atoms. The van der Waals surface area contributed by atoms with Gasteiger partial charge >= 0.3 is 0 Å². The highest BCUT2D eigenvalue weighted by molar-refractivity contribution is 5.94. The van der Waals surface area contributed by atoms with Crippen LogP contribution in [0.4, 0.5) is 5.69 Å². The summed E-state index contributed by atoms with van der Waals surface area (Å²) in [5.41, 5.74) is 5.62. The number of benzene rings is 1. The molecular weight excluding hydrogens is 256 g/mol. The second kappa shape index (κ2) is 5.32. The number of pyridine rings is 1. The number of piperidine rings is 1. The van der Waals surface area contributed by atoms with Gasteiger partial charge in [0.25, 0.3) is 0 Å². The number of aryl methyl sites for hydroxylation is 1. The zero-order chi connectivity index (χ0) is 14.2. The van der Waals surface area contributed by atoms with Crippen molar-refractivity contribution in [2.45, 2.75) is 45.4 Å². The smallest absolute Gasteiger partial charge is 0.0726 e. The van der Waals surface area contributed by atoms with E-state index in [9.17, 15) is 0 Å². The summed E-state index contributed by atoms with van der Waals surface area (Å²) < 4.78 is 0. The van der Waals surface area contributed by atoms with Gasteiger partial charge in [0, 0.05) is 24.2 Å². The molecule has 1 aromatic carbocycles. The van der Waals surface area contributed by atoms with E-state index in [1.807, 2.05) is 0 Å². The number of anilines is 1. The summed E-state index contributed by atoms with van der Waals surface area (Å²) in [5, 5.41) is 1.37. The van der Waals surface area contributed by atoms with Crippen molar-refractivity contribution in [1.29, 1.82) is 0 Å². The Kier molecular flexibility index (Phi) is 3.33. The third kappa shape index (κ3) is 2.31. The van der Waals surface area contributed by atoms with Gasteiger partial charge in [-0.1, -0.05) is 25.1 Å². The van der Waals surface area contributed by atoms with Crippen LogP contribution in [0.5, 0.6) is 0 Å². The van der Waals surface area contributed by atoms with Gasteiger partial charge in [0.2, 0.25) is 0 Å². The van der Waals surface area contributed by atoms with Crippen molar-refractivity contribution < 1.29 is 0 Å². The van der Waals surface area contributed by atoms with Crippen molar-refractivity contribution in [3.05, 3.63) is 35.5 Å². The molecule has 1 atom stereocenters. The summed E-state index contributed by atoms with van der Waals surface area (Å²) in [4.78, 5) is 7.62. The normalized spacial score (nSPS) is 22.3. The molecule has 0 amide bonds. The molecule has 0 radical (unpaired) electrons. The highest BCUT2D eigenvalue weighted by Crippen LogP contribution is 2.37. The molecule has 2 aliphatic rings. The van der Waals surface area contributed by atoms with E-state index in [-0.39, 0.29) is 0 Å². The van der Waals surface area contributed by atoms with Crippen LogP contribution in [0.2, 0.25) is 0 Å². The third-order valence-electron chi connectivity index (χ3n) is 5.11.